The molecule has 5 nitrogen and oxygen atoms in total. The lowest BCUT2D eigenvalue weighted by Gasteiger charge is -2.13. The summed E-state index contributed by atoms with van der Waals surface area (Å²) in [5, 5.41) is 0.606. The van der Waals surface area contributed by atoms with Crippen LogP contribution in [0.15, 0.2) is 14.6 Å². The summed E-state index contributed by atoms with van der Waals surface area (Å²) in [6.07, 6.45) is 4.13. The molecule has 0 unspecified atom stereocenters. The summed E-state index contributed by atoms with van der Waals surface area (Å²) in [6.45, 7) is 4.40. The van der Waals surface area contributed by atoms with Crippen molar-refractivity contribution in [3.63, 3.8) is 0 Å². The molecule has 0 bridgehead atoms. The number of rotatable bonds is 6. The summed E-state index contributed by atoms with van der Waals surface area (Å²) < 4.78 is 1.19. The normalized spacial score (nSPS) is 10.5. The molecule has 1 aromatic heterocycles. The highest BCUT2D eigenvalue weighted by atomic mass is 32.2. The van der Waals surface area contributed by atoms with Gasteiger partial charge in [-0.3, -0.25) is 9.78 Å². The second-order valence-corrected chi connectivity index (χ2v) is 4.42. The molecule has 1 aromatic rings. The van der Waals surface area contributed by atoms with E-state index in [2.05, 4.69) is 4.98 Å². The van der Waals surface area contributed by atoms with Crippen LogP contribution in [0.25, 0.3) is 0 Å². The molecule has 0 amide bonds. The third-order valence-electron chi connectivity index (χ3n) is 2.24. The van der Waals surface area contributed by atoms with E-state index in [9.17, 15) is 9.59 Å². The number of aromatic amines is 1. The van der Waals surface area contributed by atoms with E-state index in [1.54, 1.807) is 0 Å². The molecule has 0 saturated carbocycles. The highest BCUT2D eigenvalue weighted by Crippen LogP contribution is 2.16. The molecule has 17 heavy (non-hydrogen) atoms. The van der Waals surface area contributed by atoms with Crippen LogP contribution >= 0.6 is 11.8 Å². The van der Waals surface area contributed by atoms with Crippen LogP contribution in [0.4, 0.5) is 0 Å². The van der Waals surface area contributed by atoms with Gasteiger partial charge in [-0.15, -0.1) is 16.5 Å². The predicted octanol–water partition coefficient (Wildman–Crippen LogP) is 1.05. The number of aromatic nitrogens is 2. The molecule has 0 atom stereocenters. The fourth-order valence-corrected chi connectivity index (χ4v) is 2.25. The summed E-state index contributed by atoms with van der Waals surface area (Å²) in [5.74, 6) is 0. The van der Waals surface area contributed by atoms with Crippen molar-refractivity contribution in [1.29, 1.82) is 0 Å². The van der Waals surface area contributed by atoms with Gasteiger partial charge in [-0.1, -0.05) is 20.3 Å². The molecule has 0 fully saturated rings. The van der Waals surface area contributed by atoms with E-state index in [1.165, 1.54) is 16.5 Å². The summed E-state index contributed by atoms with van der Waals surface area (Å²) >= 11 is 1.36. The van der Waals surface area contributed by atoms with E-state index in [0.717, 1.165) is 12.8 Å². The summed E-state index contributed by atoms with van der Waals surface area (Å²) in [7, 11) is 0. The molecule has 0 aliphatic rings. The smallest absolute Gasteiger partial charge is 0.362 e. The fraction of sp³-hybridized carbons (Fsp3) is 0.636. The van der Waals surface area contributed by atoms with Crippen LogP contribution in [0.2, 0.25) is 0 Å². The number of thioether (sulfide) groups is 1. The minimum absolute atomic E-state index is 0.308. The van der Waals surface area contributed by atoms with Crippen molar-refractivity contribution < 1.29 is 4.84 Å². The minimum atomic E-state index is -0.507. The summed E-state index contributed by atoms with van der Waals surface area (Å²) in [4.78, 5) is 31.0. The SMILES string of the molecule is CCCOn1c(SC)c(CCC)c(=O)[nH]c1=O. The van der Waals surface area contributed by atoms with Crippen molar-refractivity contribution in [3.05, 3.63) is 26.4 Å². The third-order valence-corrected chi connectivity index (χ3v) is 3.04. The Morgan fingerprint density at radius 3 is 2.53 bits per heavy atom. The van der Waals surface area contributed by atoms with Crippen LogP contribution in [-0.4, -0.2) is 22.6 Å². The van der Waals surface area contributed by atoms with E-state index in [-0.39, 0.29) is 5.56 Å². The van der Waals surface area contributed by atoms with Gasteiger partial charge in [0.25, 0.3) is 5.56 Å². The van der Waals surface area contributed by atoms with Crippen molar-refractivity contribution in [2.24, 2.45) is 0 Å². The monoisotopic (exact) mass is 258 g/mol. The molecule has 0 aliphatic heterocycles. The highest BCUT2D eigenvalue weighted by molar-refractivity contribution is 7.98. The molecule has 0 aliphatic carbocycles. The number of nitrogens with one attached hydrogen (secondary N) is 1. The maximum absolute atomic E-state index is 11.7. The van der Waals surface area contributed by atoms with E-state index in [0.29, 0.717) is 23.6 Å². The molecule has 0 radical (unpaired) electrons. The van der Waals surface area contributed by atoms with Crippen LogP contribution in [-0.2, 0) is 6.42 Å². The number of nitrogens with zero attached hydrogens (tertiary/aromatic N) is 1. The zero-order valence-electron chi connectivity index (χ0n) is 10.4. The first kappa shape index (κ1) is 13.9. The van der Waals surface area contributed by atoms with Crippen molar-refractivity contribution in [3.8, 4) is 0 Å². The Morgan fingerprint density at radius 2 is 2.00 bits per heavy atom. The first-order valence-corrected chi connectivity index (χ1v) is 6.93. The largest absolute Gasteiger partial charge is 0.408 e. The lowest BCUT2D eigenvalue weighted by Crippen LogP contribution is -2.37. The first-order chi connectivity index (χ1) is 8.15. The van der Waals surface area contributed by atoms with Gasteiger partial charge in [-0.25, -0.2) is 4.79 Å². The van der Waals surface area contributed by atoms with Gasteiger partial charge in [0.15, 0.2) is 0 Å². The fourth-order valence-electron chi connectivity index (χ4n) is 1.51. The summed E-state index contributed by atoms with van der Waals surface area (Å²) in [5.41, 5.74) is -0.194. The van der Waals surface area contributed by atoms with Gasteiger partial charge in [0, 0.05) is 0 Å². The van der Waals surface area contributed by atoms with E-state index >= 15 is 0 Å². The molecule has 0 aromatic carbocycles. The predicted molar refractivity (Wildman–Crippen MR) is 68.8 cm³/mol. The van der Waals surface area contributed by atoms with Crippen LogP contribution in [0.1, 0.15) is 32.3 Å². The molecule has 0 spiro atoms. The van der Waals surface area contributed by atoms with Gasteiger partial charge in [-0.2, -0.15) is 0 Å². The van der Waals surface area contributed by atoms with Crippen molar-refractivity contribution in [1.82, 2.24) is 9.71 Å². The van der Waals surface area contributed by atoms with Crippen molar-refractivity contribution in [2.75, 3.05) is 12.9 Å². The maximum atomic E-state index is 11.7. The average Bonchev–Trinajstić information content (AvgIpc) is 2.31. The number of H-pyrrole nitrogens is 1. The molecule has 96 valence electrons. The number of hydrogen-bond donors (Lipinski definition) is 1. The number of hydrogen-bond acceptors (Lipinski definition) is 4. The van der Waals surface area contributed by atoms with E-state index < -0.39 is 5.69 Å². The van der Waals surface area contributed by atoms with Gasteiger partial charge in [0.2, 0.25) is 0 Å². The Labute approximate surface area is 104 Å². The molecular weight excluding hydrogens is 240 g/mol. The van der Waals surface area contributed by atoms with Gasteiger partial charge in [-0.05, 0) is 19.1 Å². The molecule has 6 heteroatoms. The molecule has 1 rings (SSSR count). The Kier molecular flexibility index (Phi) is 5.34. The lowest BCUT2D eigenvalue weighted by molar-refractivity contribution is 0.0790. The van der Waals surface area contributed by atoms with Gasteiger partial charge >= 0.3 is 5.69 Å². The van der Waals surface area contributed by atoms with Crippen LogP contribution in [0, 0.1) is 0 Å². The van der Waals surface area contributed by atoms with Gasteiger partial charge in [0.1, 0.15) is 11.6 Å². The average molecular weight is 258 g/mol. The molecule has 0 saturated heterocycles. The quantitative estimate of drug-likeness (QED) is 0.612. The Balaban J connectivity index is 3.31. The standard InChI is InChI=1S/C11H18N2O3S/c1-4-6-8-9(14)12-11(15)13(10(8)17-3)16-7-5-2/h4-7H2,1-3H3,(H,12,14,15). The van der Waals surface area contributed by atoms with Crippen LogP contribution < -0.4 is 16.1 Å². The Morgan fingerprint density at radius 1 is 1.29 bits per heavy atom. The van der Waals surface area contributed by atoms with Gasteiger partial charge in [0.05, 0.1) is 5.56 Å². The van der Waals surface area contributed by atoms with E-state index in [1.807, 2.05) is 20.1 Å². The Hall–Kier alpha value is -1.17. The molecule has 1 heterocycles. The van der Waals surface area contributed by atoms with E-state index in [4.69, 9.17) is 4.84 Å². The van der Waals surface area contributed by atoms with Gasteiger partial charge < -0.3 is 4.84 Å². The maximum Gasteiger partial charge on any atom is 0.362 e. The zero-order chi connectivity index (χ0) is 12.8. The van der Waals surface area contributed by atoms with Crippen LogP contribution in [0.3, 0.4) is 0 Å². The zero-order valence-corrected chi connectivity index (χ0v) is 11.2. The van der Waals surface area contributed by atoms with Crippen molar-refractivity contribution >= 4 is 11.8 Å². The third kappa shape index (κ3) is 3.15. The molecule has 1 N–H and O–H groups in total. The topological polar surface area (TPSA) is 64.1 Å². The minimum Gasteiger partial charge on any atom is -0.408 e. The van der Waals surface area contributed by atoms with Crippen molar-refractivity contribution in [2.45, 2.75) is 38.1 Å². The highest BCUT2D eigenvalue weighted by Gasteiger charge is 2.14. The second kappa shape index (κ2) is 6.54. The first-order valence-electron chi connectivity index (χ1n) is 5.71. The van der Waals surface area contributed by atoms with Crippen LogP contribution in [0.5, 0.6) is 0 Å². The summed E-state index contributed by atoms with van der Waals surface area (Å²) in [6, 6.07) is 0. The Bertz CT molecular complexity index is 479. The lowest BCUT2D eigenvalue weighted by atomic mass is 10.2. The second-order valence-electron chi connectivity index (χ2n) is 3.62. The molecular formula is C11H18N2O3S.